The number of aryl methyl sites for hydroxylation is 1. The molecule has 0 heterocycles. The number of hydrogen-bond acceptors (Lipinski definition) is 2. The quantitative estimate of drug-likeness (QED) is 0.554. The molecule has 0 radical (unpaired) electrons. The molecule has 1 unspecified atom stereocenters. The second-order valence-electron chi connectivity index (χ2n) is 6.96. The maximum absolute atomic E-state index is 13.2. The minimum Gasteiger partial charge on any atom is -0.354 e. The van der Waals surface area contributed by atoms with Crippen molar-refractivity contribution >= 4 is 35.0 Å². The van der Waals surface area contributed by atoms with Gasteiger partial charge in [0.05, 0.1) is 0 Å². The molecule has 0 saturated carbocycles. The fourth-order valence-corrected chi connectivity index (χ4v) is 3.63. The van der Waals surface area contributed by atoms with Gasteiger partial charge in [0.25, 0.3) is 0 Å². The number of nitrogens with one attached hydrogen (secondary N) is 1. The first kappa shape index (κ1) is 23.2. The first-order valence-corrected chi connectivity index (χ1v) is 10.8. The number of halogens is 2. The molecule has 29 heavy (non-hydrogen) atoms. The van der Waals surface area contributed by atoms with Crippen molar-refractivity contribution in [2.24, 2.45) is 0 Å². The second-order valence-corrected chi connectivity index (χ2v) is 7.80. The fourth-order valence-electron chi connectivity index (χ4n) is 3.16. The van der Waals surface area contributed by atoms with Gasteiger partial charge in [0.15, 0.2) is 0 Å². The summed E-state index contributed by atoms with van der Waals surface area (Å²) in [4.78, 5) is 27.5. The van der Waals surface area contributed by atoms with Crippen molar-refractivity contribution in [1.82, 2.24) is 10.2 Å². The highest BCUT2D eigenvalue weighted by atomic mass is 35.5. The molecule has 0 aliphatic carbocycles. The summed E-state index contributed by atoms with van der Waals surface area (Å²) in [7, 11) is 0. The van der Waals surface area contributed by atoms with Crippen molar-refractivity contribution in [3.05, 3.63) is 69.7 Å². The lowest BCUT2D eigenvalue weighted by Gasteiger charge is -2.31. The summed E-state index contributed by atoms with van der Waals surface area (Å²) >= 11 is 12.3. The standard InChI is InChI=1S/C23H28Cl2N2O2/c1-3-14-26-23(29)21(4-2)27(16-18-11-12-19(24)15-20(18)25)22(28)13-10-17-8-6-5-7-9-17/h5-9,11-12,15,21H,3-4,10,13-14,16H2,1-2H3,(H,26,29). The highest BCUT2D eigenvalue weighted by Gasteiger charge is 2.28. The smallest absolute Gasteiger partial charge is 0.242 e. The van der Waals surface area contributed by atoms with E-state index in [1.165, 1.54) is 0 Å². The predicted molar refractivity (Wildman–Crippen MR) is 119 cm³/mol. The summed E-state index contributed by atoms with van der Waals surface area (Å²) in [6.07, 6.45) is 2.31. The Morgan fingerprint density at radius 1 is 1.07 bits per heavy atom. The lowest BCUT2D eigenvalue weighted by molar-refractivity contribution is -0.141. The topological polar surface area (TPSA) is 49.4 Å². The van der Waals surface area contributed by atoms with Crippen molar-refractivity contribution in [1.29, 1.82) is 0 Å². The maximum Gasteiger partial charge on any atom is 0.242 e. The third kappa shape index (κ3) is 7.06. The molecule has 4 nitrogen and oxygen atoms in total. The molecule has 0 spiro atoms. The van der Waals surface area contributed by atoms with Crippen molar-refractivity contribution < 1.29 is 9.59 Å². The maximum atomic E-state index is 13.2. The second kappa shape index (κ2) is 11.8. The molecule has 0 bridgehead atoms. The number of nitrogens with zero attached hydrogens (tertiary/aromatic N) is 1. The van der Waals surface area contributed by atoms with Crippen molar-refractivity contribution in [2.45, 2.75) is 52.1 Å². The van der Waals surface area contributed by atoms with E-state index < -0.39 is 6.04 Å². The Bertz CT molecular complexity index is 812. The van der Waals surface area contributed by atoms with Crippen LogP contribution in [-0.4, -0.2) is 29.3 Å². The summed E-state index contributed by atoms with van der Waals surface area (Å²) in [6, 6.07) is 14.5. The van der Waals surface area contributed by atoms with Gasteiger partial charge in [-0.1, -0.05) is 73.4 Å². The number of hydrogen-bond donors (Lipinski definition) is 1. The monoisotopic (exact) mass is 434 g/mol. The Morgan fingerprint density at radius 2 is 1.79 bits per heavy atom. The van der Waals surface area contributed by atoms with E-state index in [2.05, 4.69) is 5.32 Å². The summed E-state index contributed by atoms with van der Waals surface area (Å²) in [5.41, 5.74) is 1.86. The molecular formula is C23H28Cl2N2O2. The van der Waals surface area contributed by atoms with Gasteiger partial charge >= 0.3 is 0 Å². The van der Waals surface area contributed by atoms with Gasteiger partial charge in [0.2, 0.25) is 11.8 Å². The van der Waals surface area contributed by atoms with E-state index in [4.69, 9.17) is 23.2 Å². The minimum absolute atomic E-state index is 0.0710. The van der Waals surface area contributed by atoms with Gasteiger partial charge in [0.1, 0.15) is 6.04 Å². The SMILES string of the molecule is CCCNC(=O)C(CC)N(Cc1ccc(Cl)cc1Cl)C(=O)CCc1ccccc1. The Kier molecular flexibility index (Phi) is 9.49. The molecule has 6 heteroatoms. The molecule has 1 atom stereocenters. The number of carbonyl (C=O) groups excluding carboxylic acids is 2. The number of carbonyl (C=O) groups is 2. The molecule has 0 saturated heterocycles. The van der Waals surface area contributed by atoms with Gasteiger partial charge in [-0.15, -0.1) is 0 Å². The van der Waals surface area contributed by atoms with Gasteiger partial charge in [-0.3, -0.25) is 9.59 Å². The molecule has 2 amide bonds. The Balaban J connectivity index is 2.22. The van der Waals surface area contributed by atoms with Gasteiger partial charge in [-0.2, -0.15) is 0 Å². The van der Waals surface area contributed by atoms with E-state index in [0.29, 0.717) is 35.9 Å². The molecule has 1 N–H and O–H groups in total. The molecule has 156 valence electrons. The molecule has 2 aromatic carbocycles. The van der Waals surface area contributed by atoms with Crippen LogP contribution in [0.25, 0.3) is 0 Å². The molecule has 0 aliphatic rings. The van der Waals surface area contributed by atoms with E-state index >= 15 is 0 Å². The third-order valence-corrected chi connectivity index (χ3v) is 5.35. The van der Waals surface area contributed by atoms with Crippen LogP contribution in [0, 0.1) is 0 Å². The van der Waals surface area contributed by atoms with E-state index in [1.807, 2.05) is 44.2 Å². The van der Waals surface area contributed by atoms with E-state index in [0.717, 1.165) is 17.5 Å². The minimum atomic E-state index is -0.545. The van der Waals surface area contributed by atoms with Crippen molar-refractivity contribution in [2.75, 3.05) is 6.54 Å². The largest absolute Gasteiger partial charge is 0.354 e. The number of benzene rings is 2. The summed E-state index contributed by atoms with van der Waals surface area (Å²) in [5.74, 6) is -0.203. The highest BCUT2D eigenvalue weighted by Crippen LogP contribution is 2.24. The number of rotatable bonds is 10. The number of amides is 2. The van der Waals surface area contributed by atoms with Gasteiger partial charge in [-0.25, -0.2) is 0 Å². The van der Waals surface area contributed by atoms with Gasteiger partial charge in [-0.05, 0) is 42.5 Å². The van der Waals surface area contributed by atoms with Crippen LogP contribution in [0.4, 0.5) is 0 Å². The summed E-state index contributed by atoms with van der Waals surface area (Å²) < 4.78 is 0. The van der Waals surface area contributed by atoms with Crippen LogP contribution in [0.2, 0.25) is 10.0 Å². The average molecular weight is 435 g/mol. The first-order valence-electron chi connectivity index (χ1n) is 10.0. The first-order chi connectivity index (χ1) is 14.0. The normalized spacial score (nSPS) is 11.7. The molecule has 2 rings (SSSR count). The lowest BCUT2D eigenvalue weighted by Crippen LogP contribution is -2.49. The van der Waals surface area contributed by atoms with Crippen LogP contribution in [0.3, 0.4) is 0 Å². The van der Waals surface area contributed by atoms with E-state index in [-0.39, 0.29) is 18.4 Å². The van der Waals surface area contributed by atoms with Crippen molar-refractivity contribution in [3.63, 3.8) is 0 Å². The molecule has 0 aliphatic heterocycles. The van der Waals surface area contributed by atoms with E-state index in [1.54, 1.807) is 23.1 Å². The van der Waals surface area contributed by atoms with Gasteiger partial charge in [0, 0.05) is 29.6 Å². The Labute approximate surface area is 183 Å². The molecule has 2 aromatic rings. The zero-order valence-electron chi connectivity index (χ0n) is 17.0. The van der Waals surface area contributed by atoms with Gasteiger partial charge < -0.3 is 10.2 Å². The molecule has 0 aromatic heterocycles. The lowest BCUT2D eigenvalue weighted by atomic mass is 10.1. The van der Waals surface area contributed by atoms with Crippen LogP contribution < -0.4 is 5.32 Å². The highest BCUT2D eigenvalue weighted by molar-refractivity contribution is 6.35. The summed E-state index contributed by atoms with van der Waals surface area (Å²) in [6.45, 7) is 4.76. The zero-order chi connectivity index (χ0) is 21.2. The third-order valence-electron chi connectivity index (χ3n) is 4.76. The Morgan fingerprint density at radius 3 is 2.41 bits per heavy atom. The molecule has 0 fully saturated rings. The van der Waals surface area contributed by atoms with Crippen LogP contribution >= 0.6 is 23.2 Å². The summed E-state index contributed by atoms with van der Waals surface area (Å²) in [5, 5.41) is 3.94. The van der Waals surface area contributed by atoms with Crippen LogP contribution in [0.1, 0.15) is 44.2 Å². The van der Waals surface area contributed by atoms with Crippen LogP contribution in [0.5, 0.6) is 0 Å². The van der Waals surface area contributed by atoms with Crippen molar-refractivity contribution in [3.8, 4) is 0 Å². The molecular weight excluding hydrogens is 407 g/mol. The van der Waals surface area contributed by atoms with E-state index in [9.17, 15) is 9.59 Å². The predicted octanol–water partition coefficient (Wildman–Crippen LogP) is 5.26. The Hall–Kier alpha value is -2.04. The van der Waals surface area contributed by atoms with Crippen LogP contribution in [0.15, 0.2) is 48.5 Å². The average Bonchev–Trinajstić information content (AvgIpc) is 2.72. The zero-order valence-corrected chi connectivity index (χ0v) is 18.5. The van der Waals surface area contributed by atoms with Crippen LogP contribution in [-0.2, 0) is 22.6 Å². The fraction of sp³-hybridized carbons (Fsp3) is 0.391.